The first-order valence-corrected chi connectivity index (χ1v) is 5.53. The summed E-state index contributed by atoms with van der Waals surface area (Å²) in [5.74, 6) is -0.0294. The Hall–Kier alpha value is -1.70. The Morgan fingerprint density at radius 1 is 1.12 bits per heavy atom. The molecule has 0 fully saturated rings. The smallest absolute Gasteiger partial charge is 0.189 e. The third-order valence-corrected chi connectivity index (χ3v) is 2.80. The van der Waals surface area contributed by atoms with Crippen LogP contribution in [0.1, 0.15) is 46.0 Å². The van der Waals surface area contributed by atoms with Gasteiger partial charge < -0.3 is 0 Å². The Bertz CT molecular complexity index is 495. The van der Waals surface area contributed by atoms with E-state index >= 15 is 0 Å². The first-order chi connectivity index (χ1) is 7.63. The van der Waals surface area contributed by atoms with Crippen LogP contribution >= 0.6 is 0 Å². The van der Waals surface area contributed by atoms with Gasteiger partial charge in [-0.05, 0) is 25.5 Å². The lowest BCUT2D eigenvalue weighted by Crippen LogP contribution is -2.17. The van der Waals surface area contributed by atoms with E-state index in [0.29, 0.717) is 23.1 Å². The highest BCUT2D eigenvalue weighted by molar-refractivity contribution is 6.24. The summed E-state index contributed by atoms with van der Waals surface area (Å²) in [6, 6.07) is 5.42. The standard InChI is InChI=1S/C14H14O2/c1-3-4-10-8-13(15)12-7-9(2)5-6-11(12)14(10)16/h5-8H,3-4H2,1-2H3. The molecule has 0 amide bonds. The second kappa shape index (κ2) is 4.05. The maximum Gasteiger partial charge on any atom is 0.189 e. The van der Waals surface area contributed by atoms with Crippen molar-refractivity contribution < 1.29 is 9.59 Å². The molecule has 0 radical (unpaired) electrons. The summed E-state index contributed by atoms with van der Waals surface area (Å²) in [5.41, 5.74) is 2.75. The van der Waals surface area contributed by atoms with Crippen molar-refractivity contribution in [1.82, 2.24) is 0 Å². The van der Waals surface area contributed by atoms with Crippen LogP contribution in [0.4, 0.5) is 0 Å². The summed E-state index contributed by atoms with van der Waals surface area (Å²) in [6.45, 7) is 3.92. The molecule has 2 heteroatoms. The molecule has 0 heterocycles. The van der Waals surface area contributed by atoms with E-state index in [1.54, 1.807) is 12.1 Å². The maximum absolute atomic E-state index is 12.0. The molecule has 1 aliphatic rings. The van der Waals surface area contributed by atoms with Crippen molar-refractivity contribution in [2.24, 2.45) is 0 Å². The molecule has 0 saturated carbocycles. The summed E-state index contributed by atoms with van der Waals surface area (Å²) in [5, 5.41) is 0. The number of ketones is 2. The third-order valence-electron chi connectivity index (χ3n) is 2.80. The zero-order chi connectivity index (χ0) is 11.7. The average Bonchev–Trinajstić information content (AvgIpc) is 2.26. The first-order valence-electron chi connectivity index (χ1n) is 5.53. The molecule has 0 aromatic heterocycles. The fourth-order valence-electron chi connectivity index (χ4n) is 1.99. The van der Waals surface area contributed by atoms with Crippen molar-refractivity contribution in [3.05, 3.63) is 46.5 Å². The SMILES string of the molecule is CCCC1=CC(=O)c2cc(C)ccc2C1=O. The van der Waals surface area contributed by atoms with Gasteiger partial charge in [-0.25, -0.2) is 0 Å². The fourth-order valence-corrected chi connectivity index (χ4v) is 1.99. The number of hydrogen-bond acceptors (Lipinski definition) is 2. The molecule has 1 aromatic carbocycles. The molecule has 0 saturated heterocycles. The summed E-state index contributed by atoms with van der Waals surface area (Å²) >= 11 is 0. The predicted octanol–water partition coefficient (Wildman–Crippen LogP) is 3.10. The van der Waals surface area contributed by atoms with Crippen LogP contribution in [-0.4, -0.2) is 11.6 Å². The predicted molar refractivity (Wildman–Crippen MR) is 62.8 cm³/mol. The Morgan fingerprint density at radius 2 is 1.88 bits per heavy atom. The number of aryl methyl sites for hydroxylation is 1. The molecule has 0 atom stereocenters. The van der Waals surface area contributed by atoms with Gasteiger partial charge in [0.15, 0.2) is 11.6 Å². The Kier molecular flexibility index (Phi) is 2.73. The normalized spacial score (nSPS) is 14.8. The minimum atomic E-state index is -0.0400. The van der Waals surface area contributed by atoms with Gasteiger partial charge in [0.25, 0.3) is 0 Å². The van der Waals surface area contributed by atoms with Gasteiger partial charge in [0, 0.05) is 16.7 Å². The monoisotopic (exact) mass is 214 g/mol. The van der Waals surface area contributed by atoms with Gasteiger partial charge in [-0.3, -0.25) is 9.59 Å². The second-order valence-electron chi connectivity index (χ2n) is 4.16. The highest BCUT2D eigenvalue weighted by Gasteiger charge is 2.24. The van der Waals surface area contributed by atoms with Crippen LogP contribution in [0.2, 0.25) is 0 Å². The highest BCUT2D eigenvalue weighted by Crippen LogP contribution is 2.24. The van der Waals surface area contributed by atoms with Gasteiger partial charge in [0.05, 0.1) is 0 Å². The Labute approximate surface area is 95.0 Å². The van der Waals surface area contributed by atoms with E-state index in [1.165, 1.54) is 6.08 Å². The van der Waals surface area contributed by atoms with Crippen molar-refractivity contribution in [2.75, 3.05) is 0 Å². The zero-order valence-corrected chi connectivity index (χ0v) is 9.54. The molecule has 82 valence electrons. The van der Waals surface area contributed by atoms with E-state index in [4.69, 9.17) is 0 Å². The summed E-state index contributed by atoms with van der Waals surface area (Å²) in [4.78, 5) is 23.9. The lowest BCUT2D eigenvalue weighted by atomic mass is 9.87. The summed E-state index contributed by atoms with van der Waals surface area (Å²) < 4.78 is 0. The van der Waals surface area contributed by atoms with Gasteiger partial charge >= 0.3 is 0 Å². The van der Waals surface area contributed by atoms with Crippen LogP contribution in [0.5, 0.6) is 0 Å². The molecule has 0 aliphatic heterocycles. The number of hydrogen-bond donors (Lipinski definition) is 0. The van der Waals surface area contributed by atoms with Gasteiger partial charge in [0.2, 0.25) is 0 Å². The van der Waals surface area contributed by atoms with Crippen LogP contribution in [0, 0.1) is 6.92 Å². The van der Waals surface area contributed by atoms with Gasteiger partial charge in [-0.1, -0.05) is 31.0 Å². The number of carbonyl (C=O) groups is 2. The molecule has 0 spiro atoms. The lowest BCUT2D eigenvalue weighted by Gasteiger charge is -2.14. The maximum atomic E-state index is 12.0. The molecule has 2 nitrogen and oxygen atoms in total. The molecule has 16 heavy (non-hydrogen) atoms. The van der Waals surface area contributed by atoms with E-state index in [9.17, 15) is 9.59 Å². The van der Waals surface area contributed by atoms with Gasteiger partial charge in [-0.15, -0.1) is 0 Å². The van der Waals surface area contributed by atoms with Crippen molar-refractivity contribution >= 4 is 11.6 Å². The minimum absolute atomic E-state index is 0.0106. The van der Waals surface area contributed by atoms with E-state index in [2.05, 4.69) is 0 Å². The van der Waals surface area contributed by atoms with Crippen molar-refractivity contribution in [1.29, 1.82) is 0 Å². The topological polar surface area (TPSA) is 34.1 Å². The largest absolute Gasteiger partial charge is 0.289 e. The molecular formula is C14H14O2. The number of benzene rings is 1. The highest BCUT2D eigenvalue weighted by atomic mass is 16.1. The number of Topliss-reactive ketones (excluding diaryl/α,β-unsaturated/α-hetero) is 1. The quantitative estimate of drug-likeness (QED) is 0.758. The van der Waals surface area contributed by atoms with Crippen LogP contribution in [0.3, 0.4) is 0 Å². The lowest BCUT2D eigenvalue weighted by molar-refractivity contribution is 0.0981. The molecular weight excluding hydrogens is 200 g/mol. The van der Waals surface area contributed by atoms with Crippen LogP contribution in [0.25, 0.3) is 0 Å². The zero-order valence-electron chi connectivity index (χ0n) is 9.54. The number of fused-ring (bicyclic) bond motifs is 1. The van der Waals surface area contributed by atoms with Crippen molar-refractivity contribution in [3.63, 3.8) is 0 Å². The fraction of sp³-hybridized carbons (Fsp3) is 0.286. The molecule has 0 N–H and O–H groups in total. The van der Waals surface area contributed by atoms with Crippen LogP contribution in [0.15, 0.2) is 29.8 Å². The van der Waals surface area contributed by atoms with E-state index in [1.807, 2.05) is 19.9 Å². The van der Waals surface area contributed by atoms with E-state index in [0.717, 1.165) is 12.0 Å². The van der Waals surface area contributed by atoms with Crippen LogP contribution < -0.4 is 0 Å². The molecule has 2 rings (SSSR count). The molecule has 0 bridgehead atoms. The molecule has 1 aromatic rings. The van der Waals surface area contributed by atoms with E-state index < -0.39 is 0 Å². The third kappa shape index (κ3) is 1.71. The number of allylic oxidation sites excluding steroid dienone is 2. The van der Waals surface area contributed by atoms with Gasteiger partial charge in [-0.2, -0.15) is 0 Å². The second-order valence-corrected chi connectivity index (χ2v) is 4.16. The number of carbonyl (C=O) groups excluding carboxylic acids is 2. The van der Waals surface area contributed by atoms with Crippen molar-refractivity contribution in [3.8, 4) is 0 Å². The van der Waals surface area contributed by atoms with E-state index in [-0.39, 0.29) is 11.6 Å². The molecule has 1 aliphatic carbocycles. The van der Waals surface area contributed by atoms with Crippen molar-refractivity contribution in [2.45, 2.75) is 26.7 Å². The first kappa shape index (κ1) is 10.8. The summed E-state index contributed by atoms with van der Waals surface area (Å²) in [6.07, 6.45) is 3.05. The molecule has 0 unspecified atom stereocenters. The Balaban J connectivity index is 2.51. The van der Waals surface area contributed by atoms with Gasteiger partial charge in [0.1, 0.15) is 0 Å². The van der Waals surface area contributed by atoms with Crippen LogP contribution in [-0.2, 0) is 0 Å². The summed E-state index contributed by atoms with van der Waals surface area (Å²) in [7, 11) is 0. The number of rotatable bonds is 2. The minimum Gasteiger partial charge on any atom is -0.289 e. The average molecular weight is 214 g/mol. The Morgan fingerprint density at radius 3 is 2.56 bits per heavy atom.